The zero-order chi connectivity index (χ0) is 18.3. The first-order valence-electron chi connectivity index (χ1n) is 8.28. The smallest absolute Gasteiger partial charge is 0.255 e. The number of fused-ring (bicyclic) bond motifs is 1. The van der Waals surface area contributed by atoms with Crippen molar-refractivity contribution < 1.29 is 4.79 Å². The summed E-state index contributed by atoms with van der Waals surface area (Å²) in [5, 5.41) is 14.8. The van der Waals surface area contributed by atoms with Gasteiger partial charge in [-0.3, -0.25) is 9.48 Å². The summed E-state index contributed by atoms with van der Waals surface area (Å²) in [4.78, 5) is 17.4. The van der Waals surface area contributed by atoms with Gasteiger partial charge in [-0.2, -0.15) is 15.2 Å². The highest BCUT2D eigenvalue weighted by molar-refractivity contribution is 6.06. The number of hydrogen-bond acceptors (Lipinski definition) is 5. The van der Waals surface area contributed by atoms with E-state index in [-0.39, 0.29) is 5.91 Å². The number of anilines is 2. The van der Waals surface area contributed by atoms with Crippen LogP contribution in [0.15, 0.2) is 54.1 Å². The molecular weight excluding hydrogens is 330 g/mol. The molecule has 0 fully saturated rings. The number of carbonyl (C=O) groups excluding carboxylic acids is 1. The number of carbonyl (C=O) groups is 1. The van der Waals surface area contributed by atoms with Gasteiger partial charge in [-0.15, -0.1) is 0 Å². The first kappa shape index (κ1) is 16.1. The minimum Gasteiger partial charge on any atom is -0.328 e. The van der Waals surface area contributed by atoms with Gasteiger partial charge in [0.1, 0.15) is 12.4 Å². The topological polar surface area (TPSA) is 89.7 Å². The van der Waals surface area contributed by atoms with Gasteiger partial charge in [0, 0.05) is 29.7 Å². The van der Waals surface area contributed by atoms with Gasteiger partial charge in [0.2, 0.25) is 5.95 Å². The molecule has 8 heteroatoms. The highest BCUT2D eigenvalue weighted by Gasteiger charge is 2.35. The molecule has 0 saturated carbocycles. The van der Waals surface area contributed by atoms with Gasteiger partial charge in [0.15, 0.2) is 0 Å². The molecule has 3 aromatic rings. The maximum Gasteiger partial charge on any atom is 0.255 e. The molecule has 0 bridgehead atoms. The standard InChI is InChI=1S/C18H19N7O/c1-11-15(17(26)23-13-7-5-4-6-8-13)16(14-9-20-24(3)12(14)2)25-18(22-11)19-10-21-25/h4-10,16H,1-3H3,(H,23,26)(H,19,21,22). The third kappa shape index (κ3) is 2.55. The summed E-state index contributed by atoms with van der Waals surface area (Å²) in [6.45, 7) is 3.85. The normalized spacial score (nSPS) is 16.2. The molecule has 1 unspecified atom stereocenters. The number of hydrogen-bond donors (Lipinski definition) is 2. The third-order valence-electron chi connectivity index (χ3n) is 4.64. The number of allylic oxidation sites excluding steroid dienone is 1. The van der Waals surface area contributed by atoms with Gasteiger partial charge in [-0.1, -0.05) is 18.2 Å². The Morgan fingerprint density at radius 1 is 1.19 bits per heavy atom. The predicted molar refractivity (Wildman–Crippen MR) is 97.5 cm³/mol. The van der Waals surface area contributed by atoms with Crippen molar-refractivity contribution in [3.63, 3.8) is 0 Å². The van der Waals surface area contributed by atoms with Crippen molar-refractivity contribution >= 4 is 17.5 Å². The summed E-state index contributed by atoms with van der Waals surface area (Å²) < 4.78 is 3.51. The fraction of sp³-hybridized carbons (Fsp3) is 0.222. The van der Waals surface area contributed by atoms with E-state index in [0.29, 0.717) is 11.5 Å². The van der Waals surface area contributed by atoms with Gasteiger partial charge in [0.05, 0.1) is 11.8 Å². The summed E-state index contributed by atoms with van der Waals surface area (Å²) in [5.74, 6) is 0.419. The van der Waals surface area contributed by atoms with E-state index in [1.807, 2.05) is 51.2 Å². The van der Waals surface area contributed by atoms with Crippen molar-refractivity contribution in [1.82, 2.24) is 24.5 Å². The Bertz CT molecular complexity index is 1000. The Balaban J connectivity index is 1.80. The molecule has 0 spiro atoms. The molecule has 0 radical (unpaired) electrons. The molecule has 2 N–H and O–H groups in total. The number of para-hydroxylation sites is 1. The van der Waals surface area contributed by atoms with Crippen LogP contribution in [0.4, 0.5) is 11.6 Å². The number of nitrogens with zero attached hydrogens (tertiary/aromatic N) is 5. The molecule has 4 rings (SSSR count). The summed E-state index contributed by atoms with van der Waals surface area (Å²) in [6, 6.07) is 8.99. The highest BCUT2D eigenvalue weighted by atomic mass is 16.1. The summed E-state index contributed by atoms with van der Waals surface area (Å²) >= 11 is 0. The van der Waals surface area contributed by atoms with Crippen LogP contribution in [-0.2, 0) is 11.8 Å². The molecule has 8 nitrogen and oxygen atoms in total. The number of rotatable bonds is 3. The van der Waals surface area contributed by atoms with E-state index < -0.39 is 6.04 Å². The summed E-state index contributed by atoms with van der Waals surface area (Å²) in [5.41, 5.74) is 3.95. The lowest BCUT2D eigenvalue weighted by molar-refractivity contribution is -0.113. The van der Waals surface area contributed by atoms with Gasteiger partial charge >= 0.3 is 0 Å². The fourth-order valence-corrected chi connectivity index (χ4v) is 3.18. The molecule has 0 aliphatic carbocycles. The van der Waals surface area contributed by atoms with E-state index in [4.69, 9.17) is 0 Å². The zero-order valence-electron chi connectivity index (χ0n) is 14.8. The van der Waals surface area contributed by atoms with Crippen LogP contribution in [0.5, 0.6) is 0 Å². The van der Waals surface area contributed by atoms with E-state index in [0.717, 1.165) is 22.6 Å². The predicted octanol–water partition coefficient (Wildman–Crippen LogP) is 2.25. The first-order valence-corrected chi connectivity index (χ1v) is 8.28. The van der Waals surface area contributed by atoms with Gasteiger partial charge in [0.25, 0.3) is 5.91 Å². The van der Waals surface area contributed by atoms with Crippen LogP contribution in [0.3, 0.4) is 0 Å². The minimum absolute atomic E-state index is 0.185. The van der Waals surface area contributed by atoms with E-state index in [1.54, 1.807) is 15.6 Å². The van der Waals surface area contributed by atoms with E-state index in [1.165, 1.54) is 6.33 Å². The number of aryl methyl sites for hydroxylation is 1. The van der Waals surface area contributed by atoms with Crippen LogP contribution in [0, 0.1) is 6.92 Å². The van der Waals surface area contributed by atoms with Crippen molar-refractivity contribution in [2.75, 3.05) is 10.6 Å². The fourth-order valence-electron chi connectivity index (χ4n) is 3.18. The second kappa shape index (κ2) is 6.14. The Hall–Kier alpha value is -3.42. The molecular formula is C18H19N7O. The molecule has 3 heterocycles. The molecule has 1 aromatic carbocycles. The van der Waals surface area contributed by atoms with Crippen LogP contribution in [-0.4, -0.2) is 30.5 Å². The lowest BCUT2D eigenvalue weighted by Crippen LogP contribution is -2.31. The van der Waals surface area contributed by atoms with Gasteiger partial charge < -0.3 is 10.6 Å². The molecule has 1 aliphatic heterocycles. The van der Waals surface area contributed by atoms with Crippen LogP contribution in [0.25, 0.3) is 0 Å². The van der Waals surface area contributed by atoms with Crippen LogP contribution >= 0.6 is 0 Å². The quantitative estimate of drug-likeness (QED) is 0.757. The number of amides is 1. The molecule has 132 valence electrons. The average molecular weight is 349 g/mol. The maximum absolute atomic E-state index is 13.1. The second-order valence-electron chi connectivity index (χ2n) is 6.22. The zero-order valence-corrected chi connectivity index (χ0v) is 14.8. The monoisotopic (exact) mass is 349 g/mol. The highest BCUT2D eigenvalue weighted by Crippen LogP contribution is 2.36. The van der Waals surface area contributed by atoms with Gasteiger partial charge in [-0.05, 0) is 26.0 Å². The lowest BCUT2D eigenvalue weighted by atomic mass is 9.95. The van der Waals surface area contributed by atoms with E-state index in [9.17, 15) is 4.79 Å². The van der Waals surface area contributed by atoms with Crippen LogP contribution in [0.2, 0.25) is 0 Å². The number of benzene rings is 1. The van der Waals surface area contributed by atoms with Crippen molar-refractivity contribution in [3.8, 4) is 0 Å². The average Bonchev–Trinajstić information content (AvgIpc) is 3.22. The SMILES string of the molecule is CC1=C(C(=O)Nc2ccccc2)C(c2cnn(C)c2C)n2ncnc2N1. The van der Waals surface area contributed by atoms with Crippen molar-refractivity contribution in [2.24, 2.45) is 7.05 Å². The van der Waals surface area contributed by atoms with Crippen molar-refractivity contribution in [3.05, 3.63) is 65.4 Å². The minimum atomic E-state index is -0.397. The third-order valence-corrected chi connectivity index (χ3v) is 4.64. The molecule has 1 atom stereocenters. The Kier molecular flexibility index (Phi) is 3.80. The Morgan fingerprint density at radius 3 is 2.65 bits per heavy atom. The Labute approximate surface area is 150 Å². The maximum atomic E-state index is 13.1. The molecule has 1 amide bonds. The van der Waals surface area contributed by atoms with Crippen LogP contribution in [0.1, 0.15) is 24.2 Å². The van der Waals surface area contributed by atoms with E-state index in [2.05, 4.69) is 25.8 Å². The largest absolute Gasteiger partial charge is 0.328 e. The van der Waals surface area contributed by atoms with Crippen molar-refractivity contribution in [2.45, 2.75) is 19.9 Å². The van der Waals surface area contributed by atoms with Gasteiger partial charge in [-0.25, -0.2) is 4.68 Å². The lowest BCUT2D eigenvalue weighted by Gasteiger charge is -2.28. The summed E-state index contributed by atoms with van der Waals surface area (Å²) in [6.07, 6.45) is 3.26. The Morgan fingerprint density at radius 2 is 1.96 bits per heavy atom. The first-order chi connectivity index (χ1) is 12.6. The molecule has 1 aliphatic rings. The number of aromatic nitrogens is 5. The molecule has 2 aromatic heterocycles. The summed E-state index contributed by atoms with van der Waals surface area (Å²) in [7, 11) is 1.88. The second-order valence-corrected chi connectivity index (χ2v) is 6.22. The van der Waals surface area contributed by atoms with E-state index >= 15 is 0 Å². The van der Waals surface area contributed by atoms with Crippen LogP contribution < -0.4 is 10.6 Å². The molecule has 0 saturated heterocycles. The number of nitrogens with one attached hydrogen (secondary N) is 2. The molecule has 26 heavy (non-hydrogen) atoms. The van der Waals surface area contributed by atoms with Crippen molar-refractivity contribution in [1.29, 1.82) is 0 Å².